The summed E-state index contributed by atoms with van der Waals surface area (Å²) >= 11 is 3.39. The third-order valence-corrected chi connectivity index (χ3v) is 3.30. The van der Waals surface area contributed by atoms with Gasteiger partial charge < -0.3 is 0 Å². The van der Waals surface area contributed by atoms with Gasteiger partial charge in [0.05, 0.1) is 10.2 Å². The Morgan fingerprint density at radius 2 is 2.00 bits per heavy atom. The van der Waals surface area contributed by atoms with Crippen molar-refractivity contribution < 1.29 is 8.78 Å². The van der Waals surface area contributed by atoms with Crippen molar-refractivity contribution in [1.82, 2.24) is 10.2 Å². The average Bonchev–Trinajstić information content (AvgIpc) is 2.60. The minimum Gasteiger partial charge on any atom is -0.280 e. The van der Waals surface area contributed by atoms with Gasteiger partial charge >= 0.3 is 0 Å². The third kappa shape index (κ3) is 2.24. The van der Waals surface area contributed by atoms with Crippen LogP contribution in [0.4, 0.5) is 8.78 Å². The first-order valence-corrected chi connectivity index (χ1v) is 5.99. The van der Waals surface area contributed by atoms with Gasteiger partial charge in [-0.25, -0.2) is 8.78 Å². The second-order valence-corrected chi connectivity index (χ2v) is 4.87. The Balaban J connectivity index is 2.54. The first kappa shape index (κ1) is 12.2. The first-order valence-electron chi connectivity index (χ1n) is 5.20. The topological polar surface area (TPSA) is 28.7 Å². The zero-order chi connectivity index (χ0) is 12.6. The summed E-state index contributed by atoms with van der Waals surface area (Å²) in [5, 5.41) is 6.92. The van der Waals surface area contributed by atoms with E-state index in [0.717, 1.165) is 16.2 Å². The van der Waals surface area contributed by atoms with Crippen LogP contribution in [0.2, 0.25) is 0 Å². The number of hydrogen-bond donors (Lipinski definition) is 1. The van der Waals surface area contributed by atoms with Crippen LogP contribution >= 0.6 is 15.9 Å². The highest BCUT2D eigenvalue weighted by atomic mass is 79.9. The summed E-state index contributed by atoms with van der Waals surface area (Å²) in [6.07, 6.45) is 0. The maximum atomic E-state index is 13.6. The van der Waals surface area contributed by atoms with Gasteiger partial charge in [-0.05, 0) is 34.0 Å². The molecule has 0 atom stereocenters. The van der Waals surface area contributed by atoms with Gasteiger partial charge in [0, 0.05) is 11.6 Å². The van der Waals surface area contributed by atoms with Gasteiger partial charge in [0.1, 0.15) is 17.3 Å². The zero-order valence-corrected chi connectivity index (χ0v) is 11.0. The van der Waals surface area contributed by atoms with Gasteiger partial charge in [-0.1, -0.05) is 13.8 Å². The predicted molar refractivity (Wildman–Crippen MR) is 65.7 cm³/mol. The Morgan fingerprint density at radius 1 is 1.29 bits per heavy atom. The molecule has 0 radical (unpaired) electrons. The standard InChI is InChI=1S/C12H11BrF2N2/c1-6(2)11-10(13)12(17-16-11)8-4-3-7(14)5-9(8)15/h3-6H,1-2H3,(H,16,17). The van der Waals surface area contributed by atoms with Crippen LogP contribution in [0.15, 0.2) is 22.7 Å². The van der Waals surface area contributed by atoms with Crippen molar-refractivity contribution in [3.05, 3.63) is 40.0 Å². The highest BCUT2D eigenvalue weighted by Crippen LogP contribution is 2.33. The number of aromatic amines is 1. The summed E-state index contributed by atoms with van der Waals surface area (Å²) in [5.41, 5.74) is 1.64. The molecule has 0 saturated heterocycles. The zero-order valence-electron chi connectivity index (χ0n) is 9.39. The largest absolute Gasteiger partial charge is 0.280 e. The van der Waals surface area contributed by atoms with Crippen molar-refractivity contribution >= 4 is 15.9 Å². The highest BCUT2D eigenvalue weighted by molar-refractivity contribution is 9.10. The van der Waals surface area contributed by atoms with Crippen LogP contribution < -0.4 is 0 Å². The number of hydrogen-bond acceptors (Lipinski definition) is 1. The van der Waals surface area contributed by atoms with E-state index in [4.69, 9.17) is 0 Å². The molecule has 0 amide bonds. The number of nitrogens with zero attached hydrogens (tertiary/aromatic N) is 1. The lowest BCUT2D eigenvalue weighted by Crippen LogP contribution is -1.88. The molecular weight excluding hydrogens is 290 g/mol. The van der Waals surface area contributed by atoms with Gasteiger partial charge in [-0.15, -0.1) is 0 Å². The van der Waals surface area contributed by atoms with E-state index >= 15 is 0 Å². The van der Waals surface area contributed by atoms with Crippen molar-refractivity contribution in [2.24, 2.45) is 0 Å². The molecule has 1 N–H and O–H groups in total. The summed E-state index contributed by atoms with van der Waals surface area (Å²) in [4.78, 5) is 0. The average molecular weight is 301 g/mol. The quantitative estimate of drug-likeness (QED) is 0.883. The van der Waals surface area contributed by atoms with Crippen LogP contribution in [-0.4, -0.2) is 10.2 Å². The Bertz CT molecular complexity index is 549. The number of nitrogens with one attached hydrogen (secondary N) is 1. The molecule has 1 aromatic heterocycles. The summed E-state index contributed by atoms with van der Waals surface area (Å²) in [7, 11) is 0. The summed E-state index contributed by atoms with van der Waals surface area (Å²) in [6.45, 7) is 4.01. The second-order valence-electron chi connectivity index (χ2n) is 4.08. The van der Waals surface area contributed by atoms with Crippen LogP contribution in [0.3, 0.4) is 0 Å². The van der Waals surface area contributed by atoms with E-state index in [2.05, 4.69) is 26.1 Å². The highest BCUT2D eigenvalue weighted by Gasteiger charge is 2.17. The maximum absolute atomic E-state index is 13.6. The molecule has 1 aromatic carbocycles. The molecule has 1 heterocycles. The number of H-pyrrole nitrogens is 1. The fraction of sp³-hybridized carbons (Fsp3) is 0.250. The van der Waals surface area contributed by atoms with Gasteiger partial charge in [0.15, 0.2) is 0 Å². The normalized spacial score (nSPS) is 11.2. The Hall–Kier alpha value is -1.23. The molecule has 0 saturated carbocycles. The molecule has 0 fully saturated rings. The number of aromatic nitrogens is 2. The minimum atomic E-state index is -0.618. The molecule has 2 aromatic rings. The van der Waals surface area contributed by atoms with Gasteiger partial charge in [-0.2, -0.15) is 5.10 Å². The van der Waals surface area contributed by atoms with E-state index in [1.807, 2.05) is 13.8 Å². The van der Waals surface area contributed by atoms with Crippen molar-refractivity contribution in [3.63, 3.8) is 0 Å². The molecule has 17 heavy (non-hydrogen) atoms. The van der Waals surface area contributed by atoms with E-state index in [1.54, 1.807) is 0 Å². The van der Waals surface area contributed by atoms with Crippen molar-refractivity contribution in [3.8, 4) is 11.3 Å². The summed E-state index contributed by atoms with van der Waals surface area (Å²) in [6, 6.07) is 3.45. The van der Waals surface area contributed by atoms with Crippen LogP contribution in [0.5, 0.6) is 0 Å². The van der Waals surface area contributed by atoms with Gasteiger partial charge in [0.2, 0.25) is 0 Å². The summed E-state index contributed by atoms with van der Waals surface area (Å²) < 4.78 is 27.1. The van der Waals surface area contributed by atoms with E-state index in [0.29, 0.717) is 5.69 Å². The van der Waals surface area contributed by atoms with Gasteiger partial charge in [-0.3, -0.25) is 5.10 Å². The molecule has 0 unspecified atom stereocenters. The smallest absolute Gasteiger partial charge is 0.135 e. The molecule has 5 heteroatoms. The van der Waals surface area contributed by atoms with Crippen molar-refractivity contribution in [2.45, 2.75) is 19.8 Å². The summed E-state index contributed by atoms with van der Waals surface area (Å²) in [5.74, 6) is -0.969. The molecule has 0 spiro atoms. The lowest BCUT2D eigenvalue weighted by molar-refractivity contribution is 0.585. The molecular formula is C12H11BrF2N2. The SMILES string of the molecule is CC(C)c1[nH]nc(-c2ccc(F)cc2F)c1Br. The molecule has 0 aliphatic heterocycles. The van der Waals surface area contributed by atoms with Crippen molar-refractivity contribution in [2.75, 3.05) is 0 Å². The fourth-order valence-corrected chi connectivity index (χ4v) is 2.43. The molecule has 2 nitrogen and oxygen atoms in total. The van der Waals surface area contributed by atoms with E-state index < -0.39 is 11.6 Å². The molecule has 0 aliphatic rings. The second kappa shape index (κ2) is 4.56. The molecule has 90 valence electrons. The Labute approximate surface area is 106 Å². The minimum absolute atomic E-state index is 0.245. The van der Waals surface area contributed by atoms with E-state index in [9.17, 15) is 8.78 Å². The van der Waals surface area contributed by atoms with Crippen LogP contribution in [0.1, 0.15) is 25.5 Å². The number of halogens is 3. The number of benzene rings is 1. The van der Waals surface area contributed by atoms with Crippen LogP contribution in [-0.2, 0) is 0 Å². The molecule has 0 bridgehead atoms. The third-order valence-electron chi connectivity index (χ3n) is 2.50. The van der Waals surface area contributed by atoms with Crippen LogP contribution in [0.25, 0.3) is 11.3 Å². The molecule has 2 rings (SSSR count). The Kier molecular flexibility index (Phi) is 3.28. The monoisotopic (exact) mass is 300 g/mol. The van der Waals surface area contributed by atoms with Gasteiger partial charge in [0.25, 0.3) is 0 Å². The van der Waals surface area contributed by atoms with Crippen LogP contribution in [0, 0.1) is 11.6 Å². The van der Waals surface area contributed by atoms with E-state index in [1.165, 1.54) is 12.1 Å². The lowest BCUT2D eigenvalue weighted by atomic mass is 10.1. The van der Waals surface area contributed by atoms with Crippen molar-refractivity contribution in [1.29, 1.82) is 0 Å². The molecule has 0 aliphatic carbocycles. The maximum Gasteiger partial charge on any atom is 0.135 e. The predicted octanol–water partition coefficient (Wildman–Crippen LogP) is 4.24. The number of rotatable bonds is 2. The lowest BCUT2D eigenvalue weighted by Gasteiger charge is -2.03. The first-order chi connectivity index (χ1) is 8.00. The van der Waals surface area contributed by atoms with E-state index in [-0.39, 0.29) is 11.5 Å². The fourth-order valence-electron chi connectivity index (χ4n) is 1.58. The Morgan fingerprint density at radius 3 is 2.53 bits per heavy atom.